The van der Waals surface area contributed by atoms with E-state index in [1.807, 2.05) is 0 Å². The van der Waals surface area contributed by atoms with Crippen LogP contribution in [0.15, 0.2) is 0 Å². The number of nitrogens with one attached hydrogen (secondary N) is 1. The van der Waals surface area contributed by atoms with Crippen LogP contribution in [0.1, 0.15) is 48.5 Å². The van der Waals surface area contributed by atoms with Gasteiger partial charge in [-0.3, -0.25) is 19.2 Å². The summed E-state index contributed by atoms with van der Waals surface area (Å²) in [5, 5.41) is 3.17. The van der Waals surface area contributed by atoms with E-state index in [1.165, 1.54) is 6.92 Å². The van der Waals surface area contributed by atoms with Crippen molar-refractivity contribution in [1.82, 2.24) is 10.4 Å². The summed E-state index contributed by atoms with van der Waals surface area (Å²) in [5.41, 5.74) is -0.715. The fraction of sp³-hybridized carbons (Fsp3) is 0.765. The van der Waals surface area contributed by atoms with Gasteiger partial charge in [0.1, 0.15) is 11.5 Å². The molecule has 142 valence electrons. The van der Waals surface area contributed by atoms with E-state index in [0.29, 0.717) is 5.06 Å². The molecule has 0 spiro atoms. The van der Waals surface area contributed by atoms with Crippen LogP contribution in [0.2, 0.25) is 0 Å². The fourth-order valence-corrected chi connectivity index (χ4v) is 2.60. The fourth-order valence-electron chi connectivity index (χ4n) is 2.60. The molecule has 1 aliphatic rings. The number of carbonyl (C=O) groups excluding carboxylic acids is 4. The van der Waals surface area contributed by atoms with Gasteiger partial charge in [-0.05, 0) is 33.6 Å². The van der Waals surface area contributed by atoms with Crippen LogP contribution in [0.25, 0.3) is 0 Å². The summed E-state index contributed by atoms with van der Waals surface area (Å²) >= 11 is 0. The number of rotatable bonds is 6. The molecule has 0 aliphatic carbocycles. The Hall–Kier alpha value is -1.96. The molecule has 1 N–H and O–H groups in total. The summed E-state index contributed by atoms with van der Waals surface area (Å²) in [6, 6.07) is -0.944. The van der Waals surface area contributed by atoms with Crippen LogP contribution in [-0.4, -0.2) is 47.0 Å². The van der Waals surface area contributed by atoms with Gasteiger partial charge in [0, 0.05) is 0 Å². The third-order valence-corrected chi connectivity index (χ3v) is 3.77. The molecule has 1 heterocycles. The quantitative estimate of drug-likeness (QED) is 0.574. The van der Waals surface area contributed by atoms with E-state index in [4.69, 9.17) is 9.57 Å². The van der Waals surface area contributed by atoms with Gasteiger partial charge in [0.05, 0.1) is 18.6 Å². The summed E-state index contributed by atoms with van der Waals surface area (Å²) in [6.07, 6.45) is -0.745. The molecule has 25 heavy (non-hydrogen) atoms. The highest BCUT2D eigenvalue weighted by Gasteiger charge is 2.52. The van der Waals surface area contributed by atoms with Gasteiger partial charge in [-0.2, -0.15) is 5.06 Å². The number of ketones is 1. The number of ether oxygens (including phenoxy) is 1. The molecule has 0 unspecified atom stereocenters. The molecule has 1 fully saturated rings. The molecule has 1 aliphatic heterocycles. The van der Waals surface area contributed by atoms with Crippen LogP contribution in [0.3, 0.4) is 0 Å². The lowest BCUT2D eigenvalue weighted by atomic mass is 9.85. The minimum atomic E-state index is -1.18. The van der Waals surface area contributed by atoms with Crippen LogP contribution in [0.4, 0.5) is 4.79 Å². The third-order valence-electron chi connectivity index (χ3n) is 3.77. The van der Waals surface area contributed by atoms with E-state index in [2.05, 4.69) is 5.32 Å². The normalized spacial score (nSPS) is 22.3. The summed E-state index contributed by atoms with van der Waals surface area (Å²) in [6.45, 7) is 11.9. The SMILES string of the molecule is CCON1C(=O)[C@@H](C(=O)[C@@H](NC(=O)OC(C)(C)C)C(C)C)[C@H](C)C1=O. The molecule has 0 bridgehead atoms. The number of imide groups is 1. The van der Waals surface area contributed by atoms with Crippen molar-refractivity contribution >= 4 is 23.7 Å². The average molecular weight is 356 g/mol. The van der Waals surface area contributed by atoms with E-state index in [9.17, 15) is 19.2 Å². The number of alkyl carbamates (subject to hydrolysis) is 1. The molecular weight excluding hydrogens is 328 g/mol. The smallest absolute Gasteiger partial charge is 0.408 e. The van der Waals surface area contributed by atoms with Gasteiger partial charge in [-0.1, -0.05) is 20.8 Å². The molecule has 0 aromatic heterocycles. The molecule has 1 rings (SSSR count). The number of hydrogen-bond donors (Lipinski definition) is 1. The Morgan fingerprint density at radius 2 is 1.76 bits per heavy atom. The maximum atomic E-state index is 12.9. The molecule has 0 radical (unpaired) electrons. The van der Waals surface area contributed by atoms with Gasteiger partial charge in [-0.15, -0.1) is 0 Å². The molecule has 8 heteroatoms. The largest absolute Gasteiger partial charge is 0.444 e. The zero-order chi connectivity index (χ0) is 19.5. The maximum absolute atomic E-state index is 12.9. The molecule has 8 nitrogen and oxygen atoms in total. The lowest BCUT2D eigenvalue weighted by Gasteiger charge is -2.26. The van der Waals surface area contributed by atoms with Gasteiger partial charge in [0.2, 0.25) is 0 Å². The summed E-state index contributed by atoms with van der Waals surface area (Å²) in [4.78, 5) is 54.5. The number of amides is 3. The Bertz CT molecular complexity index is 552. The summed E-state index contributed by atoms with van der Waals surface area (Å²) in [5.74, 6) is -4.06. The van der Waals surface area contributed by atoms with Crippen molar-refractivity contribution in [3.8, 4) is 0 Å². The zero-order valence-electron chi connectivity index (χ0n) is 15.9. The van der Waals surface area contributed by atoms with Crippen molar-refractivity contribution in [1.29, 1.82) is 0 Å². The topological polar surface area (TPSA) is 102 Å². The van der Waals surface area contributed by atoms with Crippen molar-refractivity contribution in [2.75, 3.05) is 6.61 Å². The first-order valence-electron chi connectivity index (χ1n) is 8.44. The Morgan fingerprint density at radius 3 is 2.20 bits per heavy atom. The van der Waals surface area contributed by atoms with Gasteiger partial charge >= 0.3 is 6.09 Å². The number of carbonyl (C=O) groups is 4. The molecule has 0 aromatic rings. The van der Waals surface area contributed by atoms with Crippen LogP contribution in [0, 0.1) is 17.8 Å². The minimum absolute atomic E-state index is 0.134. The van der Waals surface area contributed by atoms with Gasteiger partial charge in [-0.25, -0.2) is 4.79 Å². The van der Waals surface area contributed by atoms with E-state index in [0.717, 1.165) is 0 Å². The van der Waals surface area contributed by atoms with Crippen molar-refractivity contribution < 1.29 is 28.8 Å². The van der Waals surface area contributed by atoms with E-state index < -0.39 is 47.2 Å². The lowest BCUT2D eigenvalue weighted by molar-refractivity contribution is -0.188. The van der Waals surface area contributed by atoms with Crippen molar-refractivity contribution in [3.05, 3.63) is 0 Å². The Kier molecular flexibility index (Phi) is 6.70. The number of Topliss-reactive ketones (excluding diaryl/α,β-unsaturated/α-hetero) is 1. The van der Waals surface area contributed by atoms with Crippen molar-refractivity contribution in [2.45, 2.75) is 60.1 Å². The second-order valence-corrected chi connectivity index (χ2v) is 7.43. The van der Waals surface area contributed by atoms with E-state index in [1.54, 1.807) is 41.5 Å². The highest BCUT2D eigenvalue weighted by molar-refractivity contribution is 6.16. The molecule has 0 saturated carbocycles. The monoisotopic (exact) mass is 356 g/mol. The van der Waals surface area contributed by atoms with E-state index in [-0.39, 0.29) is 12.5 Å². The number of nitrogens with zero attached hydrogens (tertiary/aromatic N) is 1. The highest BCUT2D eigenvalue weighted by atomic mass is 16.7. The Labute approximate surface area is 148 Å². The van der Waals surface area contributed by atoms with E-state index >= 15 is 0 Å². The van der Waals surface area contributed by atoms with Gasteiger partial charge in [0.15, 0.2) is 5.78 Å². The van der Waals surface area contributed by atoms with Gasteiger partial charge < -0.3 is 10.1 Å². The lowest BCUT2D eigenvalue weighted by Crippen LogP contribution is -2.50. The predicted octanol–water partition coefficient (Wildman–Crippen LogP) is 1.68. The molecular formula is C17H28N2O6. The first kappa shape index (κ1) is 21.1. The third kappa shape index (κ3) is 5.01. The van der Waals surface area contributed by atoms with Gasteiger partial charge in [0.25, 0.3) is 11.8 Å². The summed E-state index contributed by atoms with van der Waals surface area (Å²) in [7, 11) is 0. The maximum Gasteiger partial charge on any atom is 0.408 e. The second kappa shape index (κ2) is 7.95. The van der Waals surface area contributed by atoms with Crippen LogP contribution >= 0.6 is 0 Å². The average Bonchev–Trinajstić information content (AvgIpc) is 2.66. The molecule has 0 aromatic carbocycles. The molecule has 3 atom stereocenters. The first-order valence-corrected chi connectivity index (χ1v) is 8.44. The van der Waals surface area contributed by atoms with Crippen LogP contribution in [0.5, 0.6) is 0 Å². The number of hydroxylamine groups is 2. The molecule has 1 saturated heterocycles. The first-order chi connectivity index (χ1) is 11.4. The Balaban J connectivity index is 2.98. The number of hydrogen-bond acceptors (Lipinski definition) is 6. The summed E-state index contributed by atoms with van der Waals surface area (Å²) < 4.78 is 5.18. The van der Waals surface area contributed by atoms with Crippen LogP contribution in [-0.2, 0) is 24.0 Å². The van der Waals surface area contributed by atoms with Crippen molar-refractivity contribution in [3.63, 3.8) is 0 Å². The minimum Gasteiger partial charge on any atom is -0.444 e. The van der Waals surface area contributed by atoms with Crippen molar-refractivity contribution in [2.24, 2.45) is 17.8 Å². The molecule has 3 amide bonds. The van der Waals surface area contributed by atoms with Crippen LogP contribution < -0.4 is 5.32 Å². The highest BCUT2D eigenvalue weighted by Crippen LogP contribution is 2.29. The second-order valence-electron chi connectivity index (χ2n) is 7.43. The standard InChI is InChI=1S/C17H28N2O6/c1-8-24-19-14(21)10(4)11(15(19)22)13(20)12(9(2)3)18-16(23)25-17(5,6)7/h9-12H,8H2,1-7H3,(H,18,23)/t10-,11+,12-/m0/s1. The zero-order valence-corrected chi connectivity index (χ0v) is 15.9. The Morgan fingerprint density at radius 1 is 1.20 bits per heavy atom. The predicted molar refractivity (Wildman–Crippen MR) is 89.1 cm³/mol.